The lowest BCUT2D eigenvalue weighted by molar-refractivity contribution is -0.123. The topological polar surface area (TPSA) is 94.4 Å². The summed E-state index contributed by atoms with van der Waals surface area (Å²) < 4.78 is 27.1. The summed E-state index contributed by atoms with van der Waals surface area (Å²) in [5, 5.41) is 10.7. The molecule has 0 aromatic heterocycles. The zero-order valence-corrected chi connectivity index (χ0v) is 15.3. The molecule has 29 heavy (non-hydrogen) atoms. The van der Waals surface area contributed by atoms with Crippen LogP contribution in [0.15, 0.2) is 52.8 Å². The van der Waals surface area contributed by atoms with Crippen LogP contribution in [-0.4, -0.2) is 41.4 Å². The largest absolute Gasteiger partial charge is 0.322 e. The number of carbonyl (C=O) groups is 3. The number of hydrogen-bond donors (Lipinski definition) is 1. The predicted octanol–water partition coefficient (Wildman–Crippen LogP) is 2.55. The third kappa shape index (κ3) is 3.31. The van der Waals surface area contributed by atoms with E-state index in [4.69, 9.17) is 11.6 Å². The molecule has 0 radical (unpaired) electrons. The summed E-state index contributed by atoms with van der Waals surface area (Å²) in [7, 11) is 0. The number of halogens is 3. The van der Waals surface area contributed by atoms with Gasteiger partial charge in [0.15, 0.2) is 12.1 Å². The highest BCUT2D eigenvalue weighted by molar-refractivity contribution is 6.32. The van der Waals surface area contributed by atoms with Crippen LogP contribution in [0.25, 0.3) is 0 Å². The van der Waals surface area contributed by atoms with E-state index in [-0.39, 0.29) is 16.4 Å². The van der Waals surface area contributed by atoms with Crippen molar-refractivity contribution in [3.05, 3.63) is 59.1 Å². The number of carbonyl (C=O) groups excluding carboxylic acids is 3. The maximum Gasteiger partial charge on any atom is 0.263 e. The fourth-order valence-electron chi connectivity index (χ4n) is 3.13. The van der Waals surface area contributed by atoms with E-state index >= 15 is 0 Å². The minimum absolute atomic E-state index is 0.0263. The molecule has 1 N–H and O–H groups in total. The molecular weight excluding hydrogens is 408 g/mol. The molecule has 0 spiro atoms. The number of fused-ring (bicyclic) bond motifs is 1. The Kier molecular flexibility index (Phi) is 4.71. The van der Waals surface area contributed by atoms with Crippen molar-refractivity contribution in [2.45, 2.75) is 12.1 Å². The molecule has 2 aliphatic rings. The van der Waals surface area contributed by atoms with Crippen LogP contribution in [0.5, 0.6) is 0 Å². The zero-order valence-electron chi connectivity index (χ0n) is 14.6. The summed E-state index contributed by atoms with van der Waals surface area (Å²) in [6.07, 6.45) is 0. The van der Waals surface area contributed by atoms with Crippen molar-refractivity contribution < 1.29 is 23.2 Å². The lowest BCUT2D eigenvalue weighted by Crippen LogP contribution is -2.43. The Hall–Kier alpha value is -3.40. The molecule has 4 rings (SSSR count). The third-order valence-corrected chi connectivity index (χ3v) is 4.76. The Labute approximate surface area is 167 Å². The number of nitrogens with zero attached hydrogens (tertiary/aromatic N) is 4. The first-order chi connectivity index (χ1) is 13.9. The van der Waals surface area contributed by atoms with Crippen molar-refractivity contribution in [2.75, 3.05) is 16.8 Å². The van der Waals surface area contributed by atoms with Crippen LogP contribution in [0.3, 0.4) is 0 Å². The van der Waals surface area contributed by atoms with Gasteiger partial charge in [0, 0.05) is 0 Å². The number of benzene rings is 2. The lowest BCUT2D eigenvalue weighted by Gasteiger charge is -2.20. The number of imide groups is 1. The Morgan fingerprint density at radius 3 is 2.59 bits per heavy atom. The Morgan fingerprint density at radius 1 is 1.10 bits per heavy atom. The van der Waals surface area contributed by atoms with Gasteiger partial charge in [-0.15, -0.1) is 0 Å². The molecule has 0 unspecified atom stereocenters. The first-order valence-corrected chi connectivity index (χ1v) is 8.79. The fraction of sp³-hybridized carbons (Fsp3) is 0.167. The van der Waals surface area contributed by atoms with Gasteiger partial charge in [0.25, 0.3) is 11.8 Å². The summed E-state index contributed by atoms with van der Waals surface area (Å²) in [6, 6.07) is 6.76. The second-order valence-corrected chi connectivity index (χ2v) is 6.74. The summed E-state index contributed by atoms with van der Waals surface area (Å²) in [5.74, 6) is -3.29. The Bertz CT molecular complexity index is 1060. The van der Waals surface area contributed by atoms with Gasteiger partial charge in [0.05, 0.1) is 16.4 Å². The average molecular weight is 420 g/mol. The van der Waals surface area contributed by atoms with E-state index in [9.17, 15) is 23.2 Å². The third-order valence-electron chi connectivity index (χ3n) is 4.47. The summed E-state index contributed by atoms with van der Waals surface area (Å²) in [5.41, 5.74) is 0.0633. The van der Waals surface area contributed by atoms with Gasteiger partial charge in [-0.05, 0) is 30.3 Å². The van der Waals surface area contributed by atoms with Crippen LogP contribution in [0.2, 0.25) is 5.02 Å². The standard InChI is InChI=1S/C18H12ClF2N5O3/c19-10-7-9(5-6-11(10)20)26-17(28)15-16(18(26)29)25(24-23-15)8-14(27)22-13-4-2-1-3-12(13)21/h1-7,15-16H,8H2,(H,22,27)/t15-,16-/m0/s1. The van der Waals surface area contributed by atoms with Gasteiger partial charge in [-0.25, -0.2) is 13.7 Å². The molecule has 0 saturated carbocycles. The van der Waals surface area contributed by atoms with Crippen LogP contribution >= 0.6 is 11.6 Å². The maximum atomic E-state index is 13.7. The van der Waals surface area contributed by atoms with E-state index in [1.54, 1.807) is 6.07 Å². The van der Waals surface area contributed by atoms with Gasteiger partial charge in [-0.1, -0.05) is 29.0 Å². The van der Waals surface area contributed by atoms with E-state index < -0.39 is 48.0 Å². The van der Waals surface area contributed by atoms with Crippen molar-refractivity contribution in [1.82, 2.24) is 5.01 Å². The number of anilines is 2. The molecule has 0 aliphatic carbocycles. The quantitative estimate of drug-likeness (QED) is 0.770. The summed E-state index contributed by atoms with van der Waals surface area (Å²) >= 11 is 5.74. The van der Waals surface area contributed by atoms with Crippen molar-refractivity contribution in [3.8, 4) is 0 Å². The molecule has 0 bridgehead atoms. The van der Waals surface area contributed by atoms with Crippen LogP contribution in [-0.2, 0) is 14.4 Å². The molecule has 1 saturated heterocycles. The highest BCUT2D eigenvalue weighted by Crippen LogP contribution is 2.33. The molecule has 148 valence electrons. The molecule has 2 aromatic carbocycles. The Balaban J connectivity index is 1.51. The Morgan fingerprint density at radius 2 is 1.86 bits per heavy atom. The van der Waals surface area contributed by atoms with Crippen LogP contribution < -0.4 is 10.2 Å². The molecule has 2 heterocycles. The maximum absolute atomic E-state index is 13.7. The molecule has 8 nitrogen and oxygen atoms in total. The first kappa shape index (κ1) is 18.9. The molecule has 11 heteroatoms. The van der Waals surface area contributed by atoms with Crippen molar-refractivity contribution >= 4 is 40.7 Å². The smallest absolute Gasteiger partial charge is 0.263 e. The number of nitrogens with one attached hydrogen (secondary N) is 1. The minimum Gasteiger partial charge on any atom is -0.322 e. The van der Waals surface area contributed by atoms with Gasteiger partial charge in [0.1, 0.15) is 18.2 Å². The van der Waals surface area contributed by atoms with E-state index in [2.05, 4.69) is 15.7 Å². The van der Waals surface area contributed by atoms with Gasteiger partial charge < -0.3 is 5.32 Å². The predicted molar refractivity (Wildman–Crippen MR) is 98.1 cm³/mol. The highest BCUT2D eigenvalue weighted by Gasteiger charge is 2.55. The van der Waals surface area contributed by atoms with Gasteiger partial charge in [-0.3, -0.25) is 19.4 Å². The van der Waals surface area contributed by atoms with Crippen LogP contribution in [0.4, 0.5) is 20.2 Å². The SMILES string of the molecule is O=C(CN1N=N[C@@H]2C(=O)N(c3ccc(F)c(Cl)c3)C(=O)[C@H]21)Nc1ccccc1F. The average Bonchev–Trinajstić information content (AvgIpc) is 3.20. The molecule has 2 aromatic rings. The van der Waals surface area contributed by atoms with Crippen LogP contribution in [0.1, 0.15) is 0 Å². The normalized spacial score (nSPS) is 20.4. The van der Waals surface area contributed by atoms with Gasteiger partial charge in [-0.2, -0.15) is 5.11 Å². The molecular formula is C18H12ClF2N5O3. The molecule has 2 aliphatic heterocycles. The van der Waals surface area contributed by atoms with Crippen LogP contribution in [0, 0.1) is 11.6 Å². The van der Waals surface area contributed by atoms with Gasteiger partial charge >= 0.3 is 0 Å². The van der Waals surface area contributed by atoms with Crippen molar-refractivity contribution in [3.63, 3.8) is 0 Å². The number of hydrogen-bond acceptors (Lipinski definition) is 6. The summed E-state index contributed by atoms with van der Waals surface area (Å²) in [4.78, 5) is 38.5. The second-order valence-electron chi connectivity index (χ2n) is 6.33. The fourth-order valence-corrected chi connectivity index (χ4v) is 3.31. The van der Waals surface area contributed by atoms with E-state index in [0.717, 1.165) is 22.0 Å². The van der Waals surface area contributed by atoms with Gasteiger partial charge in [0.2, 0.25) is 5.91 Å². The monoisotopic (exact) mass is 419 g/mol. The second kappa shape index (κ2) is 7.21. The lowest BCUT2D eigenvalue weighted by atomic mass is 10.1. The number of amides is 3. The summed E-state index contributed by atoms with van der Waals surface area (Å²) in [6.45, 7) is -0.421. The molecule has 1 fully saturated rings. The number of rotatable bonds is 4. The van der Waals surface area contributed by atoms with E-state index in [0.29, 0.717) is 0 Å². The molecule has 3 amide bonds. The van der Waals surface area contributed by atoms with E-state index in [1.807, 2.05) is 0 Å². The van der Waals surface area contributed by atoms with Crippen molar-refractivity contribution in [2.24, 2.45) is 10.3 Å². The minimum atomic E-state index is -1.13. The van der Waals surface area contributed by atoms with E-state index in [1.165, 1.54) is 24.3 Å². The zero-order chi connectivity index (χ0) is 20.7. The molecule has 2 atom stereocenters. The first-order valence-electron chi connectivity index (χ1n) is 8.41. The van der Waals surface area contributed by atoms with Crippen molar-refractivity contribution in [1.29, 1.82) is 0 Å². The number of para-hydroxylation sites is 1. The highest BCUT2D eigenvalue weighted by atomic mass is 35.5.